The number of thioether (sulfide) groups is 1. The van der Waals surface area contributed by atoms with Crippen molar-refractivity contribution >= 4 is 19.6 Å². The van der Waals surface area contributed by atoms with E-state index in [0.717, 1.165) is 0 Å². The normalized spacial score (nSPS) is 11.3. The van der Waals surface area contributed by atoms with Gasteiger partial charge in [0.1, 0.15) is 5.75 Å². The smallest absolute Gasteiger partial charge is 0.493 e. The van der Waals surface area contributed by atoms with Crippen LogP contribution in [-0.2, 0) is 4.57 Å². The van der Waals surface area contributed by atoms with Gasteiger partial charge in [0.25, 0.3) is 0 Å². The molecule has 0 bridgehead atoms. The summed E-state index contributed by atoms with van der Waals surface area (Å²) in [6, 6.07) is 8.45. The highest BCUT2D eigenvalue weighted by molar-refractivity contribution is 7.98. The van der Waals surface area contributed by atoms with Crippen LogP contribution in [-0.4, -0.2) is 42.5 Å². The summed E-state index contributed by atoms with van der Waals surface area (Å²) >= 11 is 1.30. The number of methoxy groups -OCH3 is 3. The van der Waals surface area contributed by atoms with Gasteiger partial charge in [-0.25, -0.2) is 4.57 Å². The van der Waals surface area contributed by atoms with Crippen molar-refractivity contribution in [1.29, 1.82) is 0 Å². The third-order valence-corrected chi connectivity index (χ3v) is 5.40. The highest BCUT2D eigenvalue weighted by Crippen LogP contribution is 2.46. The average Bonchev–Trinajstić information content (AvgIpc) is 3.21. The van der Waals surface area contributed by atoms with E-state index in [4.69, 9.17) is 23.3 Å². The number of phosphoric acid groups is 1. The van der Waals surface area contributed by atoms with Crippen LogP contribution in [0.1, 0.15) is 0 Å². The Bertz CT molecular complexity index is 1070. The minimum absolute atomic E-state index is 0.0605. The molecule has 3 rings (SSSR count). The first kappa shape index (κ1) is 22.0. The molecule has 30 heavy (non-hydrogen) atoms. The number of aromatic nitrogens is 1. The Morgan fingerprint density at radius 2 is 1.60 bits per heavy atom. The molecular weight excluding hydrogens is 433 g/mol. The van der Waals surface area contributed by atoms with E-state index in [2.05, 4.69) is 5.16 Å². The van der Waals surface area contributed by atoms with Crippen LogP contribution in [0.2, 0.25) is 0 Å². The third kappa shape index (κ3) is 4.57. The van der Waals surface area contributed by atoms with E-state index in [1.807, 2.05) is 0 Å². The van der Waals surface area contributed by atoms with E-state index in [9.17, 15) is 14.4 Å². The van der Waals surface area contributed by atoms with Crippen LogP contribution >= 0.6 is 19.6 Å². The van der Waals surface area contributed by atoms with Crippen molar-refractivity contribution in [3.05, 3.63) is 36.5 Å². The maximum atomic E-state index is 11.3. The summed E-state index contributed by atoms with van der Waals surface area (Å²) in [7, 11) is -0.196. The standard InChI is InChI=1S/C19H20NO8PS/c1-24-15-8-12(9-16(25-2)19(15)26-3)18-13(10-20-27-18)11-5-6-17(30-4)14(7-11)28-29(21,22)23/h5-10H,1-4H3,(H2,21,22,23). The first-order chi connectivity index (χ1) is 14.3. The lowest BCUT2D eigenvalue weighted by atomic mass is 10.0. The fourth-order valence-corrected chi connectivity index (χ4v) is 3.88. The molecule has 0 amide bonds. The van der Waals surface area contributed by atoms with Gasteiger partial charge in [0.05, 0.1) is 27.5 Å². The molecule has 9 nitrogen and oxygen atoms in total. The van der Waals surface area contributed by atoms with E-state index in [1.165, 1.54) is 45.4 Å². The van der Waals surface area contributed by atoms with E-state index < -0.39 is 7.82 Å². The van der Waals surface area contributed by atoms with Gasteiger partial charge in [0.2, 0.25) is 5.75 Å². The van der Waals surface area contributed by atoms with E-state index in [0.29, 0.717) is 44.6 Å². The number of hydrogen-bond donors (Lipinski definition) is 2. The molecule has 0 saturated carbocycles. The van der Waals surface area contributed by atoms with Crippen molar-refractivity contribution in [1.82, 2.24) is 5.16 Å². The maximum Gasteiger partial charge on any atom is 0.524 e. The Morgan fingerprint density at radius 1 is 0.967 bits per heavy atom. The molecule has 2 aromatic carbocycles. The summed E-state index contributed by atoms with van der Waals surface area (Å²) in [5, 5.41) is 3.89. The van der Waals surface area contributed by atoms with E-state index in [-0.39, 0.29) is 5.75 Å². The fourth-order valence-electron chi connectivity index (χ4n) is 2.91. The molecule has 0 spiro atoms. The van der Waals surface area contributed by atoms with Gasteiger partial charge in [-0.05, 0) is 36.1 Å². The van der Waals surface area contributed by atoms with Crippen LogP contribution in [0.15, 0.2) is 45.9 Å². The molecule has 0 atom stereocenters. The molecule has 3 aromatic rings. The number of benzene rings is 2. The second-order valence-corrected chi connectivity index (χ2v) is 7.94. The molecule has 0 aliphatic carbocycles. The molecule has 1 heterocycles. The van der Waals surface area contributed by atoms with Gasteiger partial charge >= 0.3 is 7.82 Å². The maximum absolute atomic E-state index is 11.3. The molecule has 0 aliphatic rings. The lowest BCUT2D eigenvalue weighted by Gasteiger charge is -2.14. The lowest BCUT2D eigenvalue weighted by molar-refractivity contribution is 0.281. The Balaban J connectivity index is 2.13. The van der Waals surface area contributed by atoms with Gasteiger partial charge in [-0.15, -0.1) is 11.8 Å². The van der Waals surface area contributed by atoms with E-state index >= 15 is 0 Å². The molecule has 0 radical (unpaired) electrons. The van der Waals surface area contributed by atoms with Gasteiger partial charge in [0.15, 0.2) is 17.3 Å². The largest absolute Gasteiger partial charge is 0.524 e. The summed E-state index contributed by atoms with van der Waals surface area (Å²) < 4.78 is 37.8. The summed E-state index contributed by atoms with van der Waals surface area (Å²) in [5.74, 6) is 1.79. The van der Waals surface area contributed by atoms with Crippen molar-refractivity contribution in [3.8, 4) is 45.4 Å². The molecule has 1 aromatic heterocycles. The zero-order valence-corrected chi connectivity index (χ0v) is 18.3. The molecule has 2 N–H and O–H groups in total. The van der Waals surface area contributed by atoms with Crippen LogP contribution in [0, 0.1) is 0 Å². The van der Waals surface area contributed by atoms with Gasteiger partial charge in [-0.3, -0.25) is 9.79 Å². The van der Waals surface area contributed by atoms with Crippen LogP contribution in [0.25, 0.3) is 22.5 Å². The first-order valence-corrected chi connectivity index (χ1v) is 11.3. The molecule has 0 unspecified atom stereocenters. The minimum atomic E-state index is -4.72. The Morgan fingerprint density at radius 3 is 2.13 bits per heavy atom. The molecule has 0 aliphatic heterocycles. The Kier molecular flexibility index (Phi) is 6.62. The van der Waals surface area contributed by atoms with Crippen LogP contribution in [0.4, 0.5) is 0 Å². The Hall–Kier alpha value is -2.65. The highest BCUT2D eigenvalue weighted by Gasteiger charge is 2.22. The van der Waals surface area contributed by atoms with Crippen LogP contribution in [0.3, 0.4) is 0 Å². The number of hydrogen-bond acceptors (Lipinski definition) is 8. The molecule has 160 valence electrons. The summed E-state index contributed by atoms with van der Waals surface area (Å²) in [6.07, 6.45) is 3.29. The zero-order valence-electron chi connectivity index (χ0n) is 16.6. The lowest BCUT2D eigenvalue weighted by Crippen LogP contribution is -1.96. The summed E-state index contributed by atoms with van der Waals surface area (Å²) in [5.41, 5.74) is 1.80. The summed E-state index contributed by atoms with van der Waals surface area (Å²) in [4.78, 5) is 19.0. The molecule has 0 saturated heterocycles. The van der Waals surface area contributed by atoms with Gasteiger partial charge in [0, 0.05) is 16.0 Å². The number of rotatable bonds is 8. The first-order valence-electron chi connectivity index (χ1n) is 8.50. The zero-order chi connectivity index (χ0) is 21.9. The van der Waals surface area contributed by atoms with Crippen molar-refractivity contribution in [2.75, 3.05) is 27.6 Å². The minimum Gasteiger partial charge on any atom is -0.493 e. The number of nitrogens with zero attached hydrogens (tertiary/aromatic N) is 1. The molecule has 0 fully saturated rings. The van der Waals surface area contributed by atoms with Gasteiger partial charge in [-0.1, -0.05) is 11.2 Å². The predicted octanol–water partition coefficient (Wildman–Crippen LogP) is 4.23. The van der Waals surface area contributed by atoms with E-state index in [1.54, 1.807) is 30.5 Å². The average molecular weight is 453 g/mol. The van der Waals surface area contributed by atoms with Gasteiger partial charge in [-0.2, -0.15) is 0 Å². The van der Waals surface area contributed by atoms with Crippen molar-refractivity contribution in [3.63, 3.8) is 0 Å². The SMILES string of the molecule is COc1cc(-c2oncc2-c2ccc(SC)c(OP(=O)(O)O)c2)cc(OC)c1OC. The van der Waals surface area contributed by atoms with Crippen LogP contribution < -0.4 is 18.7 Å². The third-order valence-electron chi connectivity index (χ3n) is 4.19. The fraction of sp³-hybridized carbons (Fsp3) is 0.211. The van der Waals surface area contributed by atoms with Crippen LogP contribution in [0.5, 0.6) is 23.0 Å². The predicted molar refractivity (Wildman–Crippen MR) is 111 cm³/mol. The monoisotopic (exact) mass is 453 g/mol. The second kappa shape index (κ2) is 9.01. The Labute approximate surface area is 177 Å². The molecule has 11 heteroatoms. The van der Waals surface area contributed by atoms with Crippen molar-refractivity contribution < 1.29 is 37.6 Å². The summed E-state index contributed by atoms with van der Waals surface area (Å²) in [6.45, 7) is 0. The van der Waals surface area contributed by atoms with Crippen molar-refractivity contribution in [2.45, 2.75) is 4.90 Å². The topological polar surface area (TPSA) is 120 Å². The quantitative estimate of drug-likeness (QED) is 0.379. The van der Waals surface area contributed by atoms with Crippen molar-refractivity contribution in [2.24, 2.45) is 0 Å². The number of ether oxygens (including phenoxy) is 3. The highest BCUT2D eigenvalue weighted by atomic mass is 32.2. The number of phosphoric ester groups is 1. The molecular formula is C19H20NO8PS. The van der Waals surface area contributed by atoms with Gasteiger partial charge < -0.3 is 23.3 Å². The second-order valence-electron chi connectivity index (χ2n) is 5.93.